The van der Waals surface area contributed by atoms with Crippen molar-refractivity contribution in [1.29, 1.82) is 0 Å². The van der Waals surface area contributed by atoms with E-state index in [4.69, 9.17) is 10.5 Å². The average molecular weight is 490 g/mol. The summed E-state index contributed by atoms with van der Waals surface area (Å²) in [7, 11) is 0. The minimum Gasteiger partial charge on any atom is -0.382 e. The van der Waals surface area contributed by atoms with Gasteiger partial charge in [-0.1, -0.05) is 12.1 Å². The van der Waals surface area contributed by atoms with Crippen LogP contribution in [-0.2, 0) is 11.3 Å². The summed E-state index contributed by atoms with van der Waals surface area (Å²) in [4.78, 5) is 19.0. The topological polar surface area (TPSA) is 110 Å². The van der Waals surface area contributed by atoms with Gasteiger partial charge in [0.15, 0.2) is 5.82 Å². The fraction of sp³-hybridized carbons (Fsp3) is 0.269. The number of carbonyl (C=O) groups is 1. The SMILES string of the molecule is Cc1ccc(F)c(NC(=O)Nc2ccc(-c3cc(CN4CCOCC4)n4ncnc(N)c34)cc2C)c1. The lowest BCUT2D eigenvalue weighted by Crippen LogP contribution is -2.36. The molecule has 0 saturated carbocycles. The van der Waals surface area contributed by atoms with Gasteiger partial charge in [-0.05, 0) is 60.9 Å². The number of urea groups is 1. The molecule has 0 bridgehead atoms. The van der Waals surface area contributed by atoms with Crippen molar-refractivity contribution < 1.29 is 13.9 Å². The van der Waals surface area contributed by atoms with Crippen molar-refractivity contribution in [3.63, 3.8) is 0 Å². The quantitative estimate of drug-likeness (QED) is 0.387. The fourth-order valence-corrected chi connectivity index (χ4v) is 4.44. The third kappa shape index (κ3) is 4.86. The maximum Gasteiger partial charge on any atom is 0.323 e. The molecule has 9 nitrogen and oxygen atoms in total. The van der Waals surface area contributed by atoms with Crippen molar-refractivity contribution >= 4 is 28.7 Å². The highest BCUT2D eigenvalue weighted by Crippen LogP contribution is 2.33. The molecule has 0 unspecified atom stereocenters. The Morgan fingerprint density at radius 3 is 2.64 bits per heavy atom. The van der Waals surface area contributed by atoms with Gasteiger partial charge in [0.1, 0.15) is 17.7 Å². The van der Waals surface area contributed by atoms with E-state index in [1.165, 1.54) is 12.4 Å². The third-order valence-corrected chi connectivity index (χ3v) is 6.30. The molecule has 10 heteroatoms. The van der Waals surface area contributed by atoms with Gasteiger partial charge in [-0.15, -0.1) is 0 Å². The lowest BCUT2D eigenvalue weighted by molar-refractivity contribution is 0.0334. The van der Waals surface area contributed by atoms with E-state index in [1.54, 1.807) is 12.1 Å². The van der Waals surface area contributed by atoms with Crippen LogP contribution in [0.4, 0.5) is 26.4 Å². The highest BCUT2D eigenvalue weighted by molar-refractivity contribution is 6.00. The number of amides is 2. The molecule has 4 N–H and O–H groups in total. The zero-order valence-corrected chi connectivity index (χ0v) is 20.2. The molecule has 1 aliphatic heterocycles. The van der Waals surface area contributed by atoms with Gasteiger partial charge in [0.25, 0.3) is 0 Å². The highest BCUT2D eigenvalue weighted by atomic mass is 19.1. The molecule has 2 amide bonds. The van der Waals surface area contributed by atoms with Crippen LogP contribution in [0, 0.1) is 19.7 Å². The van der Waals surface area contributed by atoms with Crippen LogP contribution in [-0.4, -0.2) is 51.8 Å². The molecule has 1 aliphatic rings. The number of carbonyl (C=O) groups excluding carboxylic acids is 1. The normalized spacial score (nSPS) is 14.2. The number of anilines is 3. The predicted molar refractivity (Wildman–Crippen MR) is 137 cm³/mol. The van der Waals surface area contributed by atoms with Gasteiger partial charge in [0, 0.05) is 30.9 Å². The van der Waals surface area contributed by atoms with E-state index in [2.05, 4.69) is 31.7 Å². The molecule has 186 valence electrons. The van der Waals surface area contributed by atoms with Crippen LogP contribution in [0.3, 0.4) is 0 Å². The maximum absolute atomic E-state index is 14.0. The first-order valence-corrected chi connectivity index (χ1v) is 11.8. The lowest BCUT2D eigenvalue weighted by Gasteiger charge is -2.26. The number of rotatable bonds is 5. The molecule has 1 fully saturated rings. The van der Waals surface area contributed by atoms with Crippen molar-refractivity contribution in [2.75, 3.05) is 42.7 Å². The van der Waals surface area contributed by atoms with Gasteiger partial charge in [-0.3, -0.25) is 4.90 Å². The summed E-state index contributed by atoms with van der Waals surface area (Å²) < 4.78 is 21.3. The molecular formula is C26H28FN7O2. The monoisotopic (exact) mass is 489 g/mol. The van der Waals surface area contributed by atoms with Crippen LogP contribution in [0.1, 0.15) is 16.8 Å². The largest absolute Gasteiger partial charge is 0.382 e. The van der Waals surface area contributed by atoms with E-state index in [0.29, 0.717) is 24.7 Å². The van der Waals surface area contributed by atoms with Crippen molar-refractivity contribution in [3.05, 3.63) is 71.4 Å². The zero-order valence-electron chi connectivity index (χ0n) is 20.2. The van der Waals surface area contributed by atoms with Crippen molar-refractivity contribution in [3.8, 4) is 11.1 Å². The minimum absolute atomic E-state index is 0.130. The molecular weight excluding hydrogens is 461 g/mol. The Kier molecular flexibility index (Phi) is 6.53. The van der Waals surface area contributed by atoms with Gasteiger partial charge in [0.2, 0.25) is 0 Å². The van der Waals surface area contributed by atoms with Crippen LogP contribution >= 0.6 is 0 Å². The number of fused-ring (bicyclic) bond motifs is 1. The summed E-state index contributed by atoms with van der Waals surface area (Å²) in [6.45, 7) is 7.60. The first kappa shape index (κ1) is 23.7. The number of morpholine rings is 1. The number of nitrogens with two attached hydrogens (primary N) is 1. The number of aryl methyl sites for hydroxylation is 2. The number of halogens is 1. The van der Waals surface area contributed by atoms with Crippen molar-refractivity contribution in [2.45, 2.75) is 20.4 Å². The van der Waals surface area contributed by atoms with Gasteiger partial charge >= 0.3 is 6.03 Å². The minimum atomic E-state index is -0.518. The average Bonchev–Trinajstić information content (AvgIpc) is 3.23. The Labute approximate surface area is 208 Å². The zero-order chi connectivity index (χ0) is 25.2. The molecule has 0 aliphatic carbocycles. The van der Waals surface area contributed by atoms with Gasteiger partial charge in [-0.2, -0.15) is 5.10 Å². The number of nitrogen functional groups attached to an aromatic ring is 1. The van der Waals surface area contributed by atoms with E-state index in [0.717, 1.165) is 53.1 Å². The molecule has 36 heavy (non-hydrogen) atoms. The molecule has 4 aromatic rings. The number of ether oxygens (including phenoxy) is 1. The lowest BCUT2D eigenvalue weighted by atomic mass is 10.0. The van der Waals surface area contributed by atoms with Crippen LogP contribution in [0.25, 0.3) is 16.6 Å². The first-order valence-electron chi connectivity index (χ1n) is 11.8. The smallest absolute Gasteiger partial charge is 0.323 e. The second-order valence-corrected chi connectivity index (χ2v) is 8.94. The maximum atomic E-state index is 14.0. The molecule has 2 aromatic carbocycles. The molecule has 0 radical (unpaired) electrons. The molecule has 0 atom stereocenters. The molecule has 0 spiro atoms. The summed E-state index contributed by atoms with van der Waals surface area (Å²) in [6.07, 6.45) is 1.46. The number of benzene rings is 2. The van der Waals surface area contributed by atoms with E-state index in [-0.39, 0.29) is 5.69 Å². The predicted octanol–water partition coefficient (Wildman–Crippen LogP) is 4.21. The second-order valence-electron chi connectivity index (χ2n) is 8.94. The van der Waals surface area contributed by atoms with Gasteiger partial charge in [0.05, 0.1) is 24.6 Å². The fourth-order valence-electron chi connectivity index (χ4n) is 4.44. The van der Waals surface area contributed by atoms with Crippen molar-refractivity contribution in [2.24, 2.45) is 0 Å². The Morgan fingerprint density at radius 2 is 1.86 bits per heavy atom. The van der Waals surface area contributed by atoms with E-state index >= 15 is 0 Å². The van der Waals surface area contributed by atoms with Gasteiger partial charge in [-0.25, -0.2) is 18.7 Å². The Morgan fingerprint density at radius 1 is 1.08 bits per heavy atom. The van der Waals surface area contributed by atoms with E-state index in [9.17, 15) is 9.18 Å². The Bertz CT molecular complexity index is 1430. The molecule has 5 rings (SSSR count). The number of nitrogens with one attached hydrogen (secondary N) is 2. The summed E-state index contributed by atoms with van der Waals surface area (Å²) in [5, 5.41) is 9.83. The molecule has 1 saturated heterocycles. The Balaban J connectivity index is 1.41. The highest BCUT2D eigenvalue weighted by Gasteiger charge is 2.19. The van der Waals surface area contributed by atoms with E-state index in [1.807, 2.05) is 36.6 Å². The van der Waals surface area contributed by atoms with Crippen LogP contribution < -0.4 is 16.4 Å². The van der Waals surface area contributed by atoms with Gasteiger partial charge < -0.3 is 21.1 Å². The third-order valence-electron chi connectivity index (χ3n) is 6.30. The number of aromatic nitrogens is 3. The first-order chi connectivity index (χ1) is 17.4. The van der Waals surface area contributed by atoms with Crippen LogP contribution in [0.15, 0.2) is 48.8 Å². The summed E-state index contributed by atoms with van der Waals surface area (Å²) in [5.41, 5.74) is 12.3. The second kappa shape index (κ2) is 9.92. The molecule has 2 aromatic heterocycles. The van der Waals surface area contributed by atoms with E-state index < -0.39 is 11.8 Å². The summed E-state index contributed by atoms with van der Waals surface area (Å²) >= 11 is 0. The number of hydrogen-bond acceptors (Lipinski definition) is 6. The number of nitrogens with zero attached hydrogens (tertiary/aromatic N) is 4. The molecule has 3 heterocycles. The summed E-state index contributed by atoms with van der Waals surface area (Å²) in [5.74, 6) is -0.0938. The number of hydrogen-bond donors (Lipinski definition) is 3. The standard InChI is InChI=1S/C26H28FN7O2/c1-16-3-5-21(27)23(11-16)32-26(35)31-22-6-4-18(12-17(22)2)20-13-19(14-33-7-9-36-10-8-33)34-24(20)25(28)29-15-30-34/h3-6,11-13,15H,7-10,14H2,1-2H3,(H2,28,29,30)(H2,31,32,35). The Hall–Kier alpha value is -4.02. The summed E-state index contributed by atoms with van der Waals surface area (Å²) in [6, 6.07) is 11.8. The van der Waals surface area contributed by atoms with Crippen LogP contribution in [0.5, 0.6) is 0 Å². The van der Waals surface area contributed by atoms with Crippen LogP contribution in [0.2, 0.25) is 0 Å². The van der Waals surface area contributed by atoms with Crippen molar-refractivity contribution in [1.82, 2.24) is 19.5 Å².